The van der Waals surface area contributed by atoms with E-state index < -0.39 is 0 Å². The second-order valence-electron chi connectivity index (χ2n) is 6.29. The number of halogens is 2. The summed E-state index contributed by atoms with van der Waals surface area (Å²) in [5, 5.41) is 5.39. The van der Waals surface area contributed by atoms with Crippen molar-refractivity contribution < 1.29 is 23.0 Å². The Morgan fingerprint density at radius 2 is 1.35 bits per heavy atom. The first kappa shape index (κ1) is 25.5. The number of rotatable bonds is 0. The first-order valence-corrected chi connectivity index (χ1v) is 16.2. The smallest absolute Gasteiger partial charge is 0.0771 e. The van der Waals surface area contributed by atoms with Gasteiger partial charge in [0.25, 0.3) is 0 Å². The number of hydrogen-bond donors (Lipinski definition) is 0. The third-order valence-electron chi connectivity index (χ3n) is 3.61. The predicted octanol–water partition coefficient (Wildman–Crippen LogP) is 7.28. The fourth-order valence-corrected chi connectivity index (χ4v) is 2.65. The van der Waals surface area contributed by atoms with Crippen LogP contribution in [0.4, 0.5) is 0 Å². The molecule has 1 atom stereocenters. The van der Waals surface area contributed by atoms with Crippen LogP contribution in [-0.4, -0.2) is 5.49 Å². The van der Waals surface area contributed by atoms with E-state index in [4.69, 9.17) is 0 Å². The van der Waals surface area contributed by atoms with Gasteiger partial charge < -0.3 is 0 Å². The molecule has 0 N–H and O–H groups in total. The van der Waals surface area contributed by atoms with Gasteiger partial charge in [0.15, 0.2) is 0 Å². The molecule has 136 valence electrons. The minimum Gasteiger partial charge on any atom is -0.147 e. The monoisotopic (exact) mass is 568 g/mol. The van der Waals surface area contributed by atoms with E-state index in [1.54, 1.807) is 0 Å². The molecule has 1 unspecified atom stereocenters. The summed E-state index contributed by atoms with van der Waals surface area (Å²) in [6.45, 7) is 8.86. The Bertz CT molecular complexity index is 839. The summed E-state index contributed by atoms with van der Waals surface area (Å²) in [5.74, 6) is 0.556. The van der Waals surface area contributed by atoms with Crippen LogP contribution in [-0.2, 0) is 23.0 Å². The summed E-state index contributed by atoms with van der Waals surface area (Å²) < 4.78 is 0. The Balaban J connectivity index is 0.000000415. The van der Waals surface area contributed by atoms with E-state index in [0.717, 1.165) is 0 Å². The molecule has 0 radical (unpaired) electrons. The molecule has 0 saturated carbocycles. The van der Waals surface area contributed by atoms with Crippen LogP contribution in [0.15, 0.2) is 72.3 Å². The summed E-state index contributed by atoms with van der Waals surface area (Å²) in [7, 11) is 0. The fourth-order valence-electron chi connectivity index (χ4n) is 2.65. The minimum absolute atomic E-state index is 0. The Labute approximate surface area is 185 Å². The molecule has 0 bridgehead atoms. The average Bonchev–Trinajstić information content (AvgIpc) is 3.10. The standard InChI is InChI=1S/C13H9.C7H9.C2H6Si.2ClH.Hf/c1-3-7-12-10(5-1)9-11-6-2-4-8-13(11)12;1-6-3-4-7(2)5-6;1-3-2;;;/h1-9H;3-4,6H,1-2H3;1-2H3;2*1H;/q2*-1;;;;+2. The number of fused-ring (bicyclic) bond motifs is 3. The maximum absolute atomic E-state index is 3.22. The van der Waals surface area contributed by atoms with Crippen molar-refractivity contribution in [3.8, 4) is 0 Å². The Hall–Kier alpha value is -0.543. The van der Waals surface area contributed by atoms with E-state index in [1.807, 2.05) is 0 Å². The van der Waals surface area contributed by atoms with Crippen LogP contribution in [0.25, 0.3) is 21.5 Å². The summed E-state index contributed by atoms with van der Waals surface area (Å²) in [6, 6.07) is 19.3. The minimum atomic E-state index is 0. The van der Waals surface area contributed by atoms with Crippen molar-refractivity contribution >= 4 is 51.9 Å². The molecule has 4 heteroatoms. The van der Waals surface area contributed by atoms with Crippen LogP contribution in [0.2, 0.25) is 13.1 Å². The average molecular weight is 568 g/mol. The quantitative estimate of drug-likeness (QED) is 0.198. The van der Waals surface area contributed by atoms with Crippen LogP contribution in [0, 0.1) is 12.0 Å². The van der Waals surface area contributed by atoms with E-state index in [0.29, 0.717) is 5.92 Å². The number of benzene rings is 2. The third-order valence-corrected chi connectivity index (χ3v) is 3.61. The molecule has 0 amide bonds. The van der Waals surface area contributed by atoms with Gasteiger partial charge in [-0.25, -0.2) is 11.6 Å². The zero-order chi connectivity index (χ0) is 17.5. The van der Waals surface area contributed by atoms with Crippen molar-refractivity contribution in [1.29, 1.82) is 0 Å². The van der Waals surface area contributed by atoms with Crippen LogP contribution < -0.4 is 0 Å². The Kier molecular flexibility index (Phi) is 12.5. The molecule has 0 fully saturated rings. The maximum Gasteiger partial charge on any atom is -0.0771 e. The fraction of sp³-hybridized carbons (Fsp3) is 0.227. The maximum atomic E-state index is 3.22. The van der Waals surface area contributed by atoms with Gasteiger partial charge in [-0.05, 0) is 0 Å². The normalized spacial score (nSPS) is 14.2. The van der Waals surface area contributed by atoms with Gasteiger partial charge in [0, 0.05) is 0 Å². The van der Waals surface area contributed by atoms with Crippen LogP contribution in [0.5, 0.6) is 0 Å². The van der Waals surface area contributed by atoms with Crippen molar-refractivity contribution in [2.45, 2.75) is 26.9 Å². The van der Waals surface area contributed by atoms with E-state index in [2.05, 4.69) is 99.8 Å². The third kappa shape index (κ3) is 8.00. The molecular formula is C22H26Cl2HfSi. The van der Waals surface area contributed by atoms with Gasteiger partial charge in [0.2, 0.25) is 0 Å². The summed E-state index contributed by atoms with van der Waals surface area (Å²) in [4.78, 5) is 0. The molecule has 1 aliphatic carbocycles. The van der Waals surface area contributed by atoms with Gasteiger partial charge in [-0.1, -0.05) is 56.2 Å². The van der Waals surface area contributed by atoms with E-state index in [9.17, 15) is 0 Å². The molecule has 26 heavy (non-hydrogen) atoms. The van der Waals surface area contributed by atoms with Gasteiger partial charge >= 0.3 is 41.6 Å². The van der Waals surface area contributed by atoms with Gasteiger partial charge in [-0.2, -0.15) is 6.08 Å². The molecule has 3 aromatic rings. The van der Waals surface area contributed by atoms with Gasteiger partial charge in [0.1, 0.15) is 0 Å². The van der Waals surface area contributed by atoms with Crippen LogP contribution in [0.3, 0.4) is 0 Å². The molecular weight excluding hydrogens is 542 g/mol. The molecule has 4 rings (SSSR count). The first-order chi connectivity index (χ1) is 11.5. The number of hydrogen-bond acceptors (Lipinski definition) is 0. The zero-order valence-corrected chi connectivity index (χ0v) is 22.0. The van der Waals surface area contributed by atoms with Gasteiger partial charge in [0.05, 0.1) is 0 Å². The van der Waals surface area contributed by atoms with Crippen LogP contribution >= 0.6 is 24.8 Å². The molecule has 3 aromatic carbocycles. The van der Waals surface area contributed by atoms with E-state index >= 15 is 0 Å². The van der Waals surface area contributed by atoms with Crippen molar-refractivity contribution in [3.63, 3.8) is 0 Å². The molecule has 0 aliphatic heterocycles. The van der Waals surface area contributed by atoms with Crippen molar-refractivity contribution in [3.05, 3.63) is 78.4 Å². The largest absolute Gasteiger partial charge is 0.147 e. The molecule has 0 nitrogen and oxygen atoms in total. The molecule has 0 aromatic heterocycles. The first-order valence-electron chi connectivity index (χ1n) is 8.30. The summed E-state index contributed by atoms with van der Waals surface area (Å²) in [6.07, 6.45) is 7.47. The van der Waals surface area contributed by atoms with Crippen LogP contribution in [0.1, 0.15) is 13.8 Å². The second kappa shape index (κ2) is 12.8. The molecule has 0 saturated heterocycles. The Morgan fingerprint density at radius 3 is 1.65 bits per heavy atom. The van der Waals surface area contributed by atoms with Crippen molar-refractivity contribution in [1.82, 2.24) is 0 Å². The van der Waals surface area contributed by atoms with Gasteiger partial charge in [-0.3, -0.25) is 6.08 Å². The topological polar surface area (TPSA) is 0 Å². The second-order valence-corrected chi connectivity index (χ2v) is 19.1. The molecule has 1 aliphatic rings. The summed E-state index contributed by atoms with van der Waals surface area (Å²) >= 11 is 1.45. The molecule has 0 spiro atoms. The Morgan fingerprint density at radius 1 is 0.923 bits per heavy atom. The van der Waals surface area contributed by atoms with Crippen molar-refractivity contribution in [2.75, 3.05) is 0 Å². The SMILES string of the molecule is CC1=[C-]C(C)C=C1.C[Si](C)=[Hf+2].Cl.Cl.c1ccc2c(c1)[cH-]c1ccccc12. The predicted molar refractivity (Wildman–Crippen MR) is 120 cm³/mol. The molecule has 0 heterocycles. The van der Waals surface area contributed by atoms with E-state index in [-0.39, 0.29) is 30.3 Å². The van der Waals surface area contributed by atoms with Crippen molar-refractivity contribution in [2.24, 2.45) is 5.92 Å². The zero-order valence-electron chi connectivity index (χ0n) is 15.7. The van der Waals surface area contributed by atoms with Gasteiger partial charge in [-0.15, -0.1) is 64.6 Å². The van der Waals surface area contributed by atoms with E-state index in [1.165, 1.54) is 50.1 Å². The number of allylic oxidation sites excluding steroid dienone is 4. The summed E-state index contributed by atoms with van der Waals surface area (Å²) in [5.41, 5.74) is 1.53.